The summed E-state index contributed by atoms with van der Waals surface area (Å²) < 4.78 is 13.4. The molecule has 2 rings (SSSR count). The second kappa shape index (κ2) is 5.33. The lowest BCUT2D eigenvalue weighted by Gasteiger charge is -2.08. The molecule has 0 bridgehead atoms. The maximum atomic E-state index is 13.4. The van der Waals surface area contributed by atoms with Crippen molar-refractivity contribution in [1.82, 2.24) is 0 Å². The minimum Gasteiger partial charge on any atom is -0.258 e. The molecule has 0 aliphatic heterocycles. The van der Waals surface area contributed by atoms with Crippen molar-refractivity contribution >= 4 is 40.5 Å². The molecule has 0 aromatic heterocycles. The molecule has 0 amide bonds. The summed E-state index contributed by atoms with van der Waals surface area (Å²) in [6.07, 6.45) is 0. The van der Waals surface area contributed by atoms with Crippen molar-refractivity contribution in [3.63, 3.8) is 0 Å². The minimum absolute atomic E-state index is 0.120. The van der Waals surface area contributed by atoms with Gasteiger partial charge in [0.25, 0.3) is 5.69 Å². The molecule has 19 heavy (non-hydrogen) atoms. The van der Waals surface area contributed by atoms with Crippen molar-refractivity contribution in [3.05, 3.63) is 61.3 Å². The van der Waals surface area contributed by atoms with Gasteiger partial charge in [-0.1, -0.05) is 34.8 Å². The van der Waals surface area contributed by atoms with Crippen molar-refractivity contribution in [2.24, 2.45) is 0 Å². The van der Waals surface area contributed by atoms with Gasteiger partial charge in [-0.05, 0) is 23.8 Å². The molecule has 0 aliphatic carbocycles. The van der Waals surface area contributed by atoms with Gasteiger partial charge in [-0.25, -0.2) is 4.39 Å². The lowest BCUT2D eigenvalue weighted by atomic mass is 10.0. The first-order valence-electron chi connectivity index (χ1n) is 4.99. The number of non-ortho nitro benzene ring substituents is 1. The summed E-state index contributed by atoms with van der Waals surface area (Å²) in [7, 11) is 0. The van der Waals surface area contributed by atoms with Crippen LogP contribution in [0.25, 0.3) is 11.1 Å². The molecule has 3 nitrogen and oxygen atoms in total. The van der Waals surface area contributed by atoms with Crippen LogP contribution >= 0.6 is 34.8 Å². The normalized spacial score (nSPS) is 10.5. The van der Waals surface area contributed by atoms with E-state index < -0.39 is 10.7 Å². The monoisotopic (exact) mass is 319 g/mol. The fourth-order valence-corrected chi connectivity index (χ4v) is 2.36. The second-order valence-corrected chi connectivity index (χ2v) is 4.87. The van der Waals surface area contributed by atoms with Crippen LogP contribution in [-0.2, 0) is 0 Å². The Morgan fingerprint density at radius 2 is 1.68 bits per heavy atom. The Morgan fingerprint density at radius 3 is 2.32 bits per heavy atom. The van der Waals surface area contributed by atoms with E-state index in [1.807, 2.05) is 0 Å². The number of nitrogens with zero attached hydrogens (tertiary/aromatic N) is 1. The van der Waals surface area contributed by atoms with E-state index in [9.17, 15) is 14.5 Å². The maximum Gasteiger partial charge on any atom is 0.272 e. The Balaban J connectivity index is 2.72. The van der Waals surface area contributed by atoms with Crippen LogP contribution in [0.15, 0.2) is 30.3 Å². The van der Waals surface area contributed by atoms with Crippen molar-refractivity contribution in [1.29, 1.82) is 0 Å². The smallest absolute Gasteiger partial charge is 0.258 e. The summed E-state index contributed by atoms with van der Waals surface area (Å²) in [5.74, 6) is -0.753. The molecule has 0 fully saturated rings. The number of halogens is 4. The second-order valence-electron chi connectivity index (χ2n) is 3.67. The fourth-order valence-electron chi connectivity index (χ4n) is 1.62. The van der Waals surface area contributed by atoms with E-state index in [-0.39, 0.29) is 31.9 Å². The van der Waals surface area contributed by atoms with E-state index in [0.29, 0.717) is 0 Å². The van der Waals surface area contributed by atoms with Crippen LogP contribution < -0.4 is 0 Å². The van der Waals surface area contributed by atoms with E-state index in [2.05, 4.69) is 0 Å². The molecule has 0 saturated carbocycles. The van der Waals surface area contributed by atoms with Gasteiger partial charge in [0.1, 0.15) is 5.82 Å². The van der Waals surface area contributed by atoms with Crippen LogP contribution in [-0.4, -0.2) is 4.92 Å². The first-order valence-corrected chi connectivity index (χ1v) is 6.12. The largest absolute Gasteiger partial charge is 0.272 e. The predicted molar refractivity (Wildman–Crippen MR) is 73.5 cm³/mol. The van der Waals surface area contributed by atoms with Gasteiger partial charge in [-0.2, -0.15) is 0 Å². The first-order chi connectivity index (χ1) is 8.90. The summed E-state index contributed by atoms with van der Waals surface area (Å²) in [5, 5.41) is 11.3. The third-order valence-corrected chi connectivity index (χ3v) is 3.55. The average molecular weight is 321 g/mol. The standard InChI is InChI=1S/C12H5Cl3FNO2/c13-9-1-2-10(14)12(15)11(9)6-3-7(16)5-8(4-6)17(18)19/h1-5H. The number of hydrogen-bond acceptors (Lipinski definition) is 2. The predicted octanol–water partition coefficient (Wildman–Crippen LogP) is 5.36. The van der Waals surface area contributed by atoms with Crippen molar-refractivity contribution in [2.75, 3.05) is 0 Å². The van der Waals surface area contributed by atoms with Gasteiger partial charge >= 0.3 is 0 Å². The minimum atomic E-state index is -0.753. The van der Waals surface area contributed by atoms with E-state index >= 15 is 0 Å². The SMILES string of the molecule is O=[N+]([O-])c1cc(F)cc(-c2c(Cl)ccc(Cl)c2Cl)c1. The number of rotatable bonds is 2. The summed E-state index contributed by atoms with van der Waals surface area (Å²) in [5.41, 5.74) is 0.0738. The highest BCUT2D eigenvalue weighted by atomic mass is 35.5. The molecule has 0 atom stereocenters. The molecule has 0 spiro atoms. The van der Waals surface area contributed by atoms with Crippen LogP contribution in [0.1, 0.15) is 0 Å². The summed E-state index contributed by atoms with van der Waals surface area (Å²) >= 11 is 17.9. The molecule has 0 saturated heterocycles. The van der Waals surface area contributed by atoms with Crippen LogP contribution in [0, 0.1) is 15.9 Å². The number of benzene rings is 2. The number of nitro benzene ring substituents is 1. The van der Waals surface area contributed by atoms with Crippen LogP contribution in [0.2, 0.25) is 15.1 Å². The van der Waals surface area contributed by atoms with Crippen molar-refractivity contribution in [3.8, 4) is 11.1 Å². The molecular weight excluding hydrogens is 315 g/mol. The Hall–Kier alpha value is -1.36. The number of hydrogen-bond donors (Lipinski definition) is 0. The average Bonchev–Trinajstić information content (AvgIpc) is 2.34. The Morgan fingerprint density at radius 1 is 1.05 bits per heavy atom. The van der Waals surface area contributed by atoms with E-state index in [0.717, 1.165) is 12.1 Å². The van der Waals surface area contributed by atoms with Crippen molar-refractivity contribution < 1.29 is 9.31 Å². The van der Waals surface area contributed by atoms with Gasteiger partial charge in [0.05, 0.1) is 26.1 Å². The highest BCUT2D eigenvalue weighted by Crippen LogP contribution is 2.40. The summed E-state index contributed by atoms with van der Waals surface area (Å²) in [6.45, 7) is 0. The molecule has 98 valence electrons. The van der Waals surface area contributed by atoms with Crippen molar-refractivity contribution in [2.45, 2.75) is 0 Å². The van der Waals surface area contributed by atoms with Gasteiger partial charge in [-0.3, -0.25) is 10.1 Å². The van der Waals surface area contributed by atoms with Gasteiger partial charge in [-0.15, -0.1) is 0 Å². The molecule has 0 heterocycles. The summed E-state index contributed by atoms with van der Waals surface area (Å²) in [6, 6.07) is 6.09. The molecule has 0 aliphatic rings. The molecule has 2 aromatic rings. The quantitative estimate of drug-likeness (QED) is 0.424. The van der Waals surface area contributed by atoms with E-state index in [1.165, 1.54) is 18.2 Å². The highest BCUT2D eigenvalue weighted by molar-refractivity contribution is 6.46. The van der Waals surface area contributed by atoms with E-state index in [4.69, 9.17) is 34.8 Å². The third kappa shape index (κ3) is 2.81. The summed E-state index contributed by atoms with van der Waals surface area (Å²) in [4.78, 5) is 10.0. The van der Waals surface area contributed by atoms with Gasteiger partial charge < -0.3 is 0 Å². The number of nitro groups is 1. The Kier molecular flexibility index (Phi) is 3.94. The van der Waals surface area contributed by atoms with E-state index in [1.54, 1.807) is 0 Å². The highest BCUT2D eigenvalue weighted by Gasteiger charge is 2.16. The Bertz CT molecular complexity index is 676. The van der Waals surface area contributed by atoms with Crippen LogP contribution in [0.5, 0.6) is 0 Å². The Labute approximate surface area is 122 Å². The molecular formula is C12H5Cl3FNO2. The lowest BCUT2D eigenvalue weighted by molar-refractivity contribution is -0.385. The zero-order chi connectivity index (χ0) is 14.2. The zero-order valence-electron chi connectivity index (χ0n) is 9.16. The van der Waals surface area contributed by atoms with Gasteiger partial charge in [0.15, 0.2) is 0 Å². The molecule has 7 heteroatoms. The third-order valence-electron chi connectivity index (χ3n) is 2.43. The van der Waals surface area contributed by atoms with Crippen LogP contribution in [0.4, 0.5) is 10.1 Å². The lowest BCUT2D eigenvalue weighted by Crippen LogP contribution is -1.91. The van der Waals surface area contributed by atoms with Gasteiger partial charge in [0.2, 0.25) is 0 Å². The molecule has 0 N–H and O–H groups in total. The zero-order valence-corrected chi connectivity index (χ0v) is 11.4. The molecule has 0 radical (unpaired) electrons. The maximum absolute atomic E-state index is 13.4. The molecule has 2 aromatic carbocycles. The van der Waals surface area contributed by atoms with Gasteiger partial charge in [0, 0.05) is 11.6 Å². The molecule has 0 unspecified atom stereocenters. The fraction of sp³-hybridized carbons (Fsp3) is 0. The topological polar surface area (TPSA) is 43.1 Å². The van der Waals surface area contributed by atoms with Crippen LogP contribution in [0.3, 0.4) is 0 Å². The first kappa shape index (κ1) is 14.1.